The van der Waals surface area contributed by atoms with Gasteiger partial charge in [0.1, 0.15) is 0 Å². The average Bonchev–Trinajstić information content (AvgIpc) is 2.96. The highest BCUT2D eigenvalue weighted by molar-refractivity contribution is 5.13. The number of rotatable bonds is 4. The molecule has 98 valence electrons. The lowest BCUT2D eigenvalue weighted by molar-refractivity contribution is -0.913. The van der Waals surface area contributed by atoms with Gasteiger partial charge >= 0.3 is 0 Å². The lowest BCUT2D eigenvalue weighted by Gasteiger charge is -2.43. The van der Waals surface area contributed by atoms with Crippen molar-refractivity contribution in [2.45, 2.75) is 38.3 Å². The fraction of sp³-hybridized carbons (Fsp3) is 0.600. The van der Waals surface area contributed by atoms with Crippen LogP contribution in [0.1, 0.15) is 31.2 Å². The molecule has 3 unspecified atom stereocenters. The number of fused-ring (bicyclic) bond motifs is 1. The SMILES string of the molecule is [O-][N+]1(COCc2ccccc2)CCC2CCCC21. The van der Waals surface area contributed by atoms with Gasteiger partial charge in [-0.1, -0.05) is 30.3 Å². The molecule has 1 saturated carbocycles. The number of ether oxygens (including phenoxy) is 1. The topological polar surface area (TPSA) is 32.3 Å². The van der Waals surface area contributed by atoms with Crippen LogP contribution in [0.3, 0.4) is 0 Å². The third-order valence-corrected chi connectivity index (χ3v) is 4.52. The molecule has 1 aliphatic heterocycles. The van der Waals surface area contributed by atoms with Crippen molar-refractivity contribution >= 4 is 0 Å². The lowest BCUT2D eigenvalue weighted by atomic mass is 10.1. The van der Waals surface area contributed by atoms with E-state index >= 15 is 0 Å². The third kappa shape index (κ3) is 2.30. The van der Waals surface area contributed by atoms with E-state index < -0.39 is 0 Å². The molecular formula is C15H21NO2. The summed E-state index contributed by atoms with van der Waals surface area (Å²) in [5, 5.41) is 12.7. The minimum Gasteiger partial charge on any atom is -0.631 e. The number of benzene rings is 1. The summed E-state index contributed by atoms with van der Waals surface area (Å²) in [5.74, 6) is 0.669. The Hall–Kier alpha value is -0.900. The van der Waals surface area contributed by atoms with Crippen LogP contribution in [0.4, 0.5) is 0 Å². The minimum atomic E-state index is -0.0997. The molecule has 1 aliphatic carbocycles. The van der Waals surface area contributed by atoms with Gasteiger partial charge in [-0.05, 0) is 18.4 Å². The predicted octanol–water partition coefficient (Wildman–Crippen LogP) is 3.05. The van der Waals surface area contributed by atoms with Gasteiger partial charge in [-0.2, -0.15) is 0 Å². The van der Waals surface area contributed by atoms with E-state index in [0.29, 0.717) is 25.3 Å². The molecule has 2 fully saturated rings. The van der Waals surface area contributed by atoms with Crippen molar-refractivity contribution in [3.8, 4) is 0 Å². The molecule has 1 aromatic rings. The normalized spacial score (nSPS) is 34.7. The maximum absolute atomic E-state index is 12.7. The van der Waals surface area contributed by atoms with E-state index in [1.54, 1.807) is 0 Å². The van der Waals surface area contributed by atoms with Crippen molar-refractivity contribution in [2.75, 3.05) is 13.3 Å². The van der Waals surface area contributed by atoms with Crippen molar-refractivity contribution < 1.29 is 9.38 Å². The summed E-state index contributed by atoms with van der Waals surface area (Å²) in [4.78, 5) is 0. The molecule has 1 heterocycles. The molecule has 2 aliphatic rings. The van der Waals surface area contributed by atoms with Crippen molar-refractivity contribution in [3.63, 3.8) is 0 Å². The molecule has 1 aromatic carbocycles. The van der Waals surface area contributed by atoms with Crippen LogP contribution in [0.25, 0.3) is 0 Å². The molecule has 3 nitrogen and oxygen atoms in total. The second kappa shape index (κ2) is 5.00. The maximum Gasteiger partial charge on any atom is 0.183 e. The van der Waals surface area contributed by atoms with Gasteiger partial charge in [0.15, 0.2) is 6.73 Å². The van der Waals surface area contributed by atoms with Gasteiger partial charge in [-0.3, -0.25) is 0 Å². The summed E-state index contributed by atoms with van der Waals surface area (Å²) < 4.78 is 5.57. The van der Waals surface area contributed by atoms with Crippen molar-refractivity contribution in [1.82, 2.24) is 0 Å². The monoisotopic (exact) mass is 247 g/mol. The molecule has 3 heteroatoms. The maximum atomic E-state index is 12.7. The fourth-order valence-corrected chi connectivity index (χ4v) is 3.58. The second-order valence-electron chi connectivity index (χ2n) is 5.69. The Balaban J connectivity index is 1.54. The van der Waals surface area contributed by atoms with E-state index in [9.17, 15) is 5.21 Å². The Kier molecular flexibility index (Phi) is 3.37. The van der Waals surface area contributed by atoms with Crippen molar-refractivity contribution in [3.05, 3.63) is 41.1 Å². The number of likely N-dealkylation sites (tertiary alicyclic amines) is 1. The Morgan fingerprint density at radius 3 is 2.83 bits per heavy atom. The Labute approximate surface area is 109 Å². The Morgan fingerprint density at radius 1 is 1.17 bits per heavy atom. The van der Waals surface area contributed by atoms with E-state index in [4.69, 9.17) is 4.74 Å². The zero-order valence-electron chi connectivity index (χ0n) is 10.8. The van der Waals surface area contributed by atoms with Gasteiger partial charge in [0.25, 0.3) is 0 Å². The van der Waals surface area contributed by atoms with E-state index in [2.05, 4.69) is 0 Å². The molecule has 3 atom stereocenters. The summed E-state index contributed by atoms with van der Waals surface area (Å²) >= 11 is 0. The zero-order valence-corrected chi connectivity index (χ0v) is 10.8. The lowest BCUT2D eigenvalue weighted by Crippen LogP contribution is -2.48. The summed E-state index contributed by atoms with van der Waals surface area (Å²) in [6.07, 6.45) is 4.69. The van der Waals surface area contributed by atoms with E-state index in [-0.39, 0.29) is 4.65 Å². The minimum absolute atomic E-state index is 0.0997. The largest absolute Gasteiger partial charge is 0.631 e. The van der Waals surface area contributed by atoms with Crippen LogP contribution in [-0.4, -0.2) is 24.0 Å². The highest BCUT2D eigenvalue weighted by atomic mass is 16.6. The third-order valence-electron chi connectivity index (χ3n) is 4.52. The number of hydrogen-bond donors (Lipinski definition) is 0. The average molecular weight is 247 g/mol. The quantitative estimate of drug-likeness (QED) is 0.605. The number of nitrogens with zero attached hydrogens (tertiary/aromatic N) is 1. The van der Waals surface area contributed by atoms with Crippen LogP contribution in [-0.2, 0) is 11.3 Å². The first kappa shape index (κ1) is 12.2. The van der Waals surface area contributed by atoms with Crippen LogP contribution in [0.5, 0.6) is 0 Å². The molecule has 3 rings (SSSR count). The highest BCUT2D eigenvalue weighted by Crippen LogP contribution is 2.42. The second-order valence-corrected chi connectivity index (χ2v) is 5.69. The first-order valence-corrected chi connectivity index (χ1v) is 6.97. The molecular weight excluding hydrogens is 226 g/mol. The van der Waals surface area contributed by atoms with Crippen molar-refractivity contribution in [1.29, 1.82) is 0 Å². The zero-order chi connectivity index (χ0) is 12.4. The molecule has 0 radical (unpaired) electrons. The van der Waals surface area contributed by atoms with Crippen LogP contribution >= 0.6 is 0 Å². The predicted molar refractivity (Wildman–Crippen MR) is 70.3 cm³/mol. The van der Waals surface area contributed by atoms with Crippen LogP contribution in [0.15, 0.2) is 30.3 Å². The molecule has 0 N–H and O–H groups in total. The van der Waals surface area contributed by atoms with E-state index in [1.807, 2.05) is 30.3 Å². The first-order valence-electron chi connectivity index (χ1n) is 6.97. The van der Waals surface area contributed by atoms with Crippen LogP contribution in [0.2, 0.25) is 0 Å². The summed E-state index contributed by atoms with van der Waals surface area (Å²) in [6, 6.07) is 10.4. The summed E-state index contributed by atoms with van der Waals surface area (Å²) in [7, 11) is 0. The highest BCUT2D eigenvalue weighted by Gasteiger charge is 2.45. The molecule has 1 saturated heterocycles. The van der Waals surface area contributed by atoms with E-state index in [1.165, 1.54) is 12.8 Å². The van der Waals surface area contributed by atoms with Crippen LogP contribution in [0, 0.1) is 11.1 Å². The smallest absolute Gasteiger partial charge is 0.183 e. The summed E-state index contributed by atoms with van der Waals surface area (Å²) in [6.45, 7) is 1.64. The number of quaternary nitrogens is 1. The van der Waals surface area contributed by atoms with Gasteiger partial charge in [0.05, 0.1) is 19.2 Å². The molecule has 0 bridgehead atoms. The van der Waals surface area contributed by atoms with Crippen LogP contribution < -0.4 is 0 Å². The first-order chi connectivity index (χ1) is 8.78. The van der Waals surface area contributed by atoms with Gasteiger partial charge in [-0.25, -0.2) is 0 Å². The van der Waals surface area contributed by atoms with E-state index in [0.717, 1.165) is 24.9 Å². The molecule has 0 amide bonds. The van der Waals surface area contributed by atoms with Gasteiger partial charge in [0, 0.05) is 18.8 Å². The molecule has 18 heavy (non-hydrogen) atoms. The standard InChI is InChI=1S/C15H21NO2/c17-16(10-9-14-7-4-8-15(14)16)12-18-11-13-5-2-1-3-6-13/h1-3,5-6,14-15H,4,7-12H2. The molecule has 0 aromatic heterocycles. The molecule has 0 spiro atoms. The fourth-order valence-electron chi connectivity index (χ4n) is 3.58. The number of hydrogen-bond acceptors (Lipinski definition) is 2. The summed E-state index contributed by atoms with van der Waals surface area (Å²) in [5.41, 5.74) is 1.14. The van der Waals surface area contributed by atoms with Crippen molar-refractivity contribution in [2.24, 2.45) is 5.92 Å². The van der Waals surface area contributed by atoms with Gasteiger partial charge < -0.3 is 14.6 Å². The Morgan fingerprint density at radius 2 is 2.00 bits per heavy atom. The Bertz CT molecular complexity index is 395. The number of hydroxylamine groups is 3. The van der Waals surface area contributed by atoms with Gasteiger partial charge in [-0.15, -0.1) is 0 Å². The van der Waals surface area contributed by atoms with Gasteiger partial charge in [0.2, 0.25) is 0 Å².